The molecule has 0 aliphatic heterocycles. The van der Waals surface area contributed by atoms with Crippen molar-refractivity contribution in [3.05, 3.63) is 64.7 Å². The lowest BCUT2D eigenvalue weighted by molar-refractivity contribution is -0.158. The van der Waals surface area contributed by atoms with E-state index >= 15 is 0 Å². The number of carbonyl (C=O) groups excluding carboxylic acids is 3. The van der Waals surface area contributed by atoms with Gasteiger partial charge in [0.1, 0.15) is 5.75 Å². The molecule has 0 unspecified atom stereocenters. The molecule has 2 aromatic carbocycles. The van der Waals surface area contributed by atoms with Gasteiger partial charge in [-0.25, -0.2) is 9.59 Å². The molecule has 2 N–H and O–H groups in total. The van der Waals surface area contributed by atoms with Crippen LogP contribution in [0.2, 0.25) is 5.02 Å². The lowest BCUT2D eigenvalue weighted by Crippen LogP contribution is -2.41. The van der Waals surface area contributed by atoms with Gasteiger partial charge in [0.2, 0.25) is 6.10 Å². The summed E-state index contributed by atoms with van der Waals surface area (Å²) in [7, 11) is 1.37. The van der Waals surface area contributed by atoms with Crippen molar-refractivity contribution in [1.29, 1.82) is 0 Å². The van der Waals surface area contributed by atoms with E-state index in [1.165, 1.54) is 7.05 Å². The number of urea groups is 1. The third-order valence-corrected chi connectivity index (χ3v) is 3.96. The van der Waals surface area contributed by atoms with Gasteiger partial charge in [0.15, 0.2) is 6.61 Å². The smallest absolute Gasteiger partial charge is 0.345 e. The number of rotatable bonds is 6. The molecule has 0 aliphatic rings. The Bertz CT molecular complexity index is 826. The van der Waals surface area contributed by atoms with Gasteiger partial charge in [-0.05, 0) is 30.7 Å². The minimum atomic E-state index is -1.29. The van der Waals surface area contributed by atoms with E-state index in [0.29, 0.717) is 16.3 Å². The number of hydrogen-bond donors (Lipinski definition) is 2. The van der Waals surface area contributed by atoms with Crippen molar-refractivity contribution in [1.82, 2.24) is 10.6 Å². The van der Waals surface area contributed by atoms with Crippen molar-refractivity contribution in [3.63, 3.8) is 0 Å². The number of imide groups is 1. The molecule has 2 aromatic rings. The molecule has 0 aliphatic carbocycles. The van der Waals surface area contributed by atoms with Crippen LogP contribution in [0.25, 0.3) is 0 Å². The highest BCUT2D eigenvalue weighted by atomic mass is 35.5. The predicted octanol–water partition coefficient (Wildman–Crippen LogP) is 2.77. The fraction of sp³-hybridized carbons (Fsp3) is 0.211. The SMILES string of the molecule is CNC(=O)NC(=O)[C@@H](OC(=O)COc1ccc(Cl)c(C)c1)c1ccccc1. The number of benzene rings is 2. The summed E-state index contributed by atoms with van der Waals surface area (Å²) in [5.41, 5.74) is 1.23. The molecule has 0 spiro atoms. The zero-order valence-electron chi connectivity index (χ0n) is 14.8. The van der Waals surface area contributed by atoms with Crippen LogP contribution in [0.15, 0.2) is 48.5 Å². The fourth-order valence-corrected chi connectivity index (χ4v) is 2.27. The summed E-state index contributed by atoms with van der Waals surface area (Å²) in [4.78, 5) is 35.9. The van der Waals surface area contributed by atoms with Crippen LogP contribution < -0.4 is 15.4 Å². The summed E-state index contributed by atoms with van der Waals surface area (Å²) in [6.45, 7) is 1.40. The molecule has 2 rings (SSSR count). The standard InChI is InChI=1S/C19H19ClN2O5/c1-12-10-14(8-9-15(12)20)26-11-16(23)27-17(13-6-4-3-5-7-13)18(24)22-19(25)21-2/h3-10,17H,11H2,1-2H3,(H2,21,22,24,25)/t17-/m0/s1. The van der Waals surface area contributed by atoms with Gasteiger partial charge in [-0.15, -0.1) is 0 Å². The highest BCUT2D eigenvalue weighted by Gasteiger charge is 2.26. The van der Waals surface area contributed by atoms with E-state index < -0.39 is 30.6 Å². The van der Waals surface area contributed by atoms with Gasteiger partial charge in [-0.1, -0.05) is 41.9 Å². The van der Waals surface area contributed by atoms with E-state index in [9.17, 15) is 14.4 Å². The molecule has 0 radical (unpaired) electrons. The van der Waals surface area contributed by atoms with Gasteiger partial charge in [-0.2, -0.15) is 0 Å². The Balaban J connectivity index is 2.05. The first-order chi connectivity index (χ1) is 12.9. The second kappa shape index (κ2) is 9.59. The fourth-order valence-electron chi connectivity index (χ4n) is 2.16. The number of amides is 3. The Labute approximate surface area is 161 Å². The molecule has 0 bridgehead atoms. The second-order valence-electron chi connectivity index (χ2n) is 5.55. The number of esters is 1. The van der Waals surface area contributed by atoms with E-state index in [0.717, 1.165) is 5.56 Å². The molecule has 0 heterocycles. The molecule has 3 amide bonds. The van der Waals surface area contributed by atoms with Crippen molar-refractivity contribution in [2.75, 3.05) is 13.7 Å². The third-order valence-electron chi connectivity index (χ3n) is 3.54. The van der Waals surface area contributed by atoms with Crippen molar-refractivity contribution in [2.24, 2.45) is 0 Å². The first-order valence-electron chi connectivity index (χ1n) is 8.06. The Kier molecular flexibility index (Phi) is 7.19. The Morgan fingerprint density at radius 2 is 1.81 bits per heavy atom. The van der Waals surface area contributed by atoms with E-state index in [-0.39, 0.29) is 0 Å². The molecule has 142 valence electrons. The van der Waals surface area contributed by atoms with Gasteiger partial charge in [-0.3, -0.25) is 10.1 Å². The predicted molar refractivity (Wildman–Crippen MR) is 99.6 cm³/mol. The van der Waals surface area contributed by atoms with Crippen LogP contribution in [0.3, 0.4) is 0 Å². The second-order valence-corrected chi connectivity index (χ2v) is 5.96. The van der Waals surface area contributed by atoms with Crippen molar-refractivity contribution in [2.45, 2.75) is 13.0 Å². The van der Waals surface area contributed by atoms with Crippen molar-refractivity contribution in [3.8, 4) is 5.75 Å². The topological polar surface area (TPSA) is 93.7 Å². The van der Waals surface area contributed by atoms with Crippen LogP contribution in [0.1, 0.15) is 17.2 Å². The first kappa shape index (κ1) is 20.3. The number of ether oxygens (including phenoxy) is 2. The van der Waals surface area contributed by atoms with Gasteiger partial charge in [0, 0.05) is 17.6 Å². The molecule has 1 atom stereocenters. The average Bonchev–Trinajstić information content (AvgIpc) is 2.67. The van der Waals surface area contributed by atoms with E-state index in [1.807, 2.05) is 6.92 Å². The maximum Gasteiger partial charge on any atom is 0.345 e. The van der Waals surface area contributed by atoms with Crippen LogP contribution >= 0.6 is 11.6 Å². The Morgan fingerprint density at radius 1 is 1.11 bits per heavy atom. The molecule has 0 fully saturated rings. The molecule has 27 heavy (non-hydrogen) atoms. The van der Waals surface area contributed by atoms with Crippen molar-refractivity contribution >= 4 is 29.5 Å². The lowest BCUT2D eigenvalue weighted by atomic mass is 10.1. The minimum absolute atomic E-state index is 0.405. The normalized spacial score (nSPS) is 11.2. The maximum atomic E-state index is 12.3. The number of nitrogens with one attached hydrogen (secondary N) is 2. The van der Waals surface area contributed by atoms with Gasteiger partial charge >= 0.3 is 12.0 Å². The molecule has 0 aromatic heterocycles. The first-order valence-corrected chi connectivity index (χ1v) is 8.44. The number of carbonyl (C=O) groups is 3. The number of hydrogen-bond acceptors (Lipinski definition) is 5. The maximum absolute atomic E-state index is 12.3. The summed E-state index contributed by atoms with van der Waals surface area (Å²) < 4.78 is 10.6. The summed E-state index contributed by atoms with van der Waals surface area (Å²) >= 11 is 5.94. The highest BCUT2D eigenvalue weighted by Crippen LogP contribution is 2.22. The lowest BCUT2D eigenvalue weighted by Gasteiger charge is -2.17. The average molecular weight is 391 g/mol. The number of halogens is 1. The van der Waals surface area contributed by atoms with Crippen LogP contribution in [-0.4, -0.2) is 31.6 Å². The van der Waals surface area contributed by atoms with Crippen LogP contribution in [0.4, 0.5) is 4.79 Å². The van der Waals surface area contributed by atoms with Crippen molar-refractivity contribution < 1.29 is 23.9 Å². The summed E-state index contributed by atoms with van der Waals surface area (Å²) in [6, 6.07) is 12.6. The van der Waals surface area contributed by atoms with Gasteiger partial charge < -0.3 is 14.8 Å². The Morgan fingerprint density at radius 3 is 2.44 bits per heavy atom. The minimum Gasteiger partial charge on any atom is -0.482 e. The number of aryl methyl sites for hydroxylation is 1. The third kappa shape index (κ3) is 6.00. The molecule has 8 heteroatoms. The van der Waals surface area contributed by atoms with Crippen LogP contribution in [0, 0.1) is 6.92 Å². The summed E-state index contributed by atoms with van der Waals surface area (Å²) in [6.07, 6.45) is -1.29. The summed E-state index contributed by atoms with van der Waals surface area (Å²) in [5.74, 6) is -1.08. The van der Waals surface area contributed by atoms with E-state index in [1.54, 1.807) is 48.5 Å². The van der Waals surface area contributed by atoms with Crippen LogP contribution in [-0.2, 0) is 14.3 Å². The molecular weight excluding hydrogens is 372 g/mol. The molecule has 0 saturated carbocycles. The molecule has 7 nitrogen and oxygen atoms in total. The monoisotopic (exact) mass is 390 g/mol. The zero-order valence-corrected chi connectivity index (χ0v) is 15.6. The Hall–Kier alpha value is -3.06. The zero-order chi connectivity index (χ0) is 19.8. The van der Waals surface area contributed by atoms with Gasteiger partial charge in [0.05, 0.1) is 0 Å². The quantitative estimate of drug-likeness (QED) is 0.740. The van der Waals surface area contributed by atoms with E-state index in [4.69, 9.17) is 21.1 Å². The van der Waals surface area contributed by atoms with Gasteiger partial charge in [0.25, 0.3) is 5.91 Å². The molecule has 0 saturated heterocycles. The van der Waals surface area contributed by atoms with Crippen LogP contribution in [0.5, 0.6) is 5.75 Å². The largest absolute Gasteiger partial charge is 0.482 e. The van der Waals surface area contributed by atoms with E-state index in [2.05, 4.69) is 10.6 Å². The molecular formula is C19H19ClN2O5. The highest BCUT2D eigenvalue weighted by molar-refractivity contribution is 6.31. The summed E-state index contributed by atoms with van der Waals surface area (Å²) in [5, 5.41) is 4.95.